The molecule has 2 amide bonds. The Hall–Kier alpha value is -1.90. The number of rotatable bonds is 8. The van der Waals surface area contributed by atoms with Gasteiger partial charge in [0, 0.05) is 12.3 Å². The summed E-state index contributed by atoms with van der Waals surface area (Å²) in [5.41, 5.74) is 0.662. The molecule has 0 aromatic carbocycles. The van der Waals surface area contributed by atoms with E-state index in [0.717, 1.165) is 12.5 Å². The highest BCUT2D eigenvalue weighted by Crippen LogP contribution is 2.28. The molecule has 3 rings (SSSR count). The molecule has 0 spiro atoms. The summed E-state index contributed by atoms with van der Waals surface area (Å²) in [4.78, 5) is 27.1. The van der Waals surface area contributed by atoms with Crippen molar-refractivity contribution in [3.8, 4) is 11.5 Å². The van der Waals surface area contributed by atoms with Gasteiger partial charge in [-0.25, -0.2) is 4.98 Å². The number of halogens is 1. The molecule has 7 nitrogen and oxygen atoms in total. The fourth-order valence-corrected chi connectivity index (χ4v) is 2.86. The molecule has 2 aromatic heterocycles. The van der Waals surface area contributed by atoms with Crippen LogP contribution in [0.25, 0.3) is 11.5 Å². The number of carbonyl (C=O) groups excluding carboxylic acids is 2. The lowest BCUT2D eigenvalue weighted by Crippen LogP contribution is -2.29. The van der Waals surface area contributed by atoms with E-state index in [1.165, 1.54) is 31.1 Å². The number of amides is 2. The Balaban J connectivity index is 0.00000225. The monoisotopic (exact) mass is 384 g/mol. The highest BCUT2D eigenvalue weighted by atomic mass is 35.5. The molecule has 3 N–H and O–H groups in total. The van der Waals surface area contributed by atoms with Crippen LogP contribution >= 0.6 is 23.7 Å². The van der Waals surface area contributed by atoms with Crippen molar-refractivity contribution in [3.63, 3.8) is 0 Å². The lowest BCUT2D eigenvalue weighted by Gasteiger charge is -2.03. The van der Waals surface area contributed by atoms with Crippen LogP contribution < -0.4 is 16.0 Å². The maximum atomic E-state index is 11.8. The third-order valence-corrected chi connectivity index (χ3v) is 4.35. The molecule has 1 aliphatic rings. The average Bonchev–Trinajstić information content (AvgIpc) is 3.06. The first-order valence-corrected chi connectivity index (χ1v) is 8.78. The third-order valence-electron chi connectivity index (χ3n) is 3.59. The fourth-order valence-electron chi connectivity index (χ4n) is 2.14. The Morgan fingerprint density at radius 2 is 2.16 bits per heavy atom. The van der Waals surface area contributed by atoms with Crippen molar-refractivity contribution in [1.82, 2.24) is 15.6 Å². The molecule has 0 aliphatic heterocycles. The zero-order valence-corrected chi connectivity index (χ0v) is 15.5. The second-order valence-electron chi connectivity index (χ2n) is 5.84. The van der Waals surface area contributed by atoms with Crippen molar-refractivity contribution in [3.05, 3.63) is 23.3 Å². The van der Waals surface area contributed by atoms with Crippen molar-refractivity contribution in [2.45, 2.75) is 26.3 Å². The van der Waals surface area contributed by atoms with E-state index in [1.807, 2.05) is 5.38 Å². The molecular weight excluding hydrogens is 364 g/mol. The van der Waals surface area contributed by atoms with Crippen LogP contribution in [0, 0.1) is 5.92 Å². The topological polar surface area (TPSA) is 96.3 Å². The first-order valence-electron chi connectivity index (χ1n) is 7.90. The van der Waals surface area contributed by atoms with Gasteiger partial charge in [-0.3, -0.25) is 9.59 Å². The van der Waals surface area contributed by atoms with Gasteiger partial charge in [0.05, 0.1) is 13.1 Å². The van der Waals surface area contributed by atoms with Gasteiger partial charge in [0.2, 0.25) is 11.8 Å². The largest absolute Gasteiger partial charge is 0.458 e. The fraction of sp³-hybridized carbons (Fsp3) is 0.438. The van der Waals surface area contributed by atoms with Crippen molar-refractivity contribution < 1.29 is 14.0 Å². The molecule has 1 fully saturated rings. The van der Waals surface area contributed by atoms with Crippen LogP contribution in [0.2, 0.25) is 0 Å². The van der Waals surface area contributed by atoms with E-state index < -0.39 is 0 Å². The minimum absolute atomic E-state index is 0. The molecule has 25 heavy (non-hydrogen) atoms. The van der Waals surface area contributed by atoms with Crippen LogP contribution in [0.1, 0.15) is 25.5 Å². The van der Waals surface area contributed by atoms with Crippen LogP contribution in [-0.4, -0.2) is 29.9 Å². The number of hydrogen-bond acceptors (Lipinski definition) is 6. The smallest absolute Gasteiger partial charge is 0.240 e. The minimum atomic E-state index is -0.109. The van der Waals surface area contributed by atoms with Crippen molar-refractivity contribution in [1.29, 1.82) is 0 Å². The van der Waals surface area contributed by atoms with E-state index in [0.29, 0.717) is 35.4 Å². The maximum absolute atomic E-state index is 11.8. The summed E-state index contributed by atoms with van der Waals surface area (Å²) in [5.74, 6) is 1.81. The van der Waals surface area contributed by atoms with Gasteiger partial charge in [-0.05, 0) is 37.4 Å². The molecule has 136 valence electrons. The molecule has 2 aromatic rings. The van der Waals surface area contributed by atoms with Gasteiger partial charge >= 0.3 is 0 Å². The number of thiazole rings is 1. The molecule has 0 bridgehead atoms. The summed E-state index contributed by atoms with van der Waals surface area (Å²) in [5, 5.41) is 11.0. The molecule has 0 unspecified atom stereocenters. The predicted molar refractivity (Wildman–Crippen MR) is 98.8 cm³/mol. The van der Waals surface area contributed by atoms with Gasteiger partial charge < -0.3 is 20.4 Å². The molecule has 0 atom stereocenters. The zero-order valence-electron chi connectivity index (χ0n) is 13.8. The number of nitrogens with zero attached hydrogens (tertiary/aromatic N) is 1. The van der Waals surface area contributed by atoms with Crippen LogP contribution in [-0.2, 0) is 16.1 Å². The number of anilines is 1. The summed E-state index contributed by atoms with van der Waals surface area (Å²) < 4.78 is 5.64. The Bertz CT molecular complexity index is 727. The lowest BCUT2D eigenvalue weighted by molar-refractivity contribution is -0.119. The summed E-state index contributed by atoms with van der Waals surface area (Å²) in [7, 11) is 0. The number of hydrogen-bond donors (Lipinski definition) is 3. The third kappa shape index (κ3) is 6.15. The SMILES string of the molecule is CC(=O)NCc1ccc(-c2csc(NC(=O)CNCC3CC3)n2)o1.Cl. The molecule has 0 saturated heterocycles. The Morgan fingerprint density at radius 3 is 2.88 bits per heavy atom. The number of furan rings is 1. The average molecular weight is 385 g/mol. The van der Waals surface area contributed by atoms with Crippen molar-refractivity contribution >= 4 is 40.7 Å². The number of nitrogens with one attached hydrogen (secondary N) is 3. The maximum Gasteiger partial charge on any atom is 0.240 e. The van der Waals surface area contributed by atoms with E-state index in [-0.39, 0.29) is 24.2 Å². The van der Waals surface area contributed by atoms with E-state index in [1.54, 1.807) is 12.1 Å². The summed E-state index contributed by atoms with van der Waals surface area (Å²) in [6.07, 6.45) is 2.52. The van der Waals surface area contributed by atoms with Crippen molar-refractivity contribution in [2.24, 2.45) is 5.92 Å². The Morgan fingerprint density at radius 1 is 1.36 bits per heavy atom. The normalized spacial score (nSPS) is 13.2. The van der Waals surface area contributed by atoms with Gasteiger partial charge in [0.25, 0.3) is 0 Å². The molecule has 9 heteroatoms. The second-order valence-corrected chi connectivity index (χ2v) is 6.69. The van der Waals surface area contributed by atoms with E-state index in [9.17, 15) is 9.59 Å². The summed E-state index contributed by atoms with van der Waals surface area (Å²) >= 11 is 1.35. The van der Waals surface area contributed by atoms with Crippen LogP contribution in [0.5, 0.6) is 0 Å². The number of aromatic nitrogens is 1. The van der Waals surface area contributed by atoms with Crippen molar-refractivity contribution in [2.75, 3.05) is 18.4 Å². The highest BCUT2D eigenvalue weighted by molar-refractivity contribution is 7.14. The van der Waals surface area contributed by atoms with Crippen LogP contribution in [0.4, 0.5) is 5.13 Å². The Kier molecular flexibility index (Phi) is 6.98. The van der Waals surface area contributed by atoms with Gasteiger partial charge in [-0.15, -0.1) is 23.7 Å². The van der Waals surface area contributed by atoms with Gasteiger partial charge in [-0.1, -0.05) is 0 Å². The minimum Gasteiger partial charge on any atom is -0.458 e. The first-order chi connectivity index (χ1) is 11.6. The molecule has 1 saturated carbocycles. The molecule has 0 radical (unpaired) electrons. The lowest BCUT2D eigenvalue weighted by atomic mass is 10.3. The van der Waals surface area contributed by atoms with E-state index >= 15 is 0 Å². The highest BCUT2D eigenvalue weighted by Gasteiger charge is 2.20. The van der Waals surface area contributed by atoms with E-state index in [2.05, 4.69) is 20.9 Å². The molecule has 2 heterocycles. The molecule has 1 aliphatic carbocycles. The standard InChI is InChI=1S/C16H20N4O3S.ClH/c1-10(21)18-7-12-4-5-14(23-12)13-9-24-16(19-13)20-15(22)8-17-6-11-2-3-11;/h4-5,9,11,17H,2-3,6-8H2,1H3,(H,18,21)(H,19,20,22);1H. The Labute approximate surface area is 156 Å². The van der Waals surface area contributed by atoms with Gasteiger partial charge in [0.15, 0.2) is 10.9 Å². The van der Waals surface area contributed by atoms with E-state index in [4.69, 9.17) is 4.42 Å². The van der Waals surface area contributed by atoms with Crippen LogP contribution in [0.3, 0.4) is 0 Å². The zero-order chi connectivity index (χ0) is 16.9. The first kappa shape index (κ1) is 19.4. The number of carbonyl (C=O) groups is 2. The summed E-state index contributed by atoms with van der Waals surface area (Å²) in [6.45, 7) is 3.00. The quantitative estimate of drug-likeness (QED) is 0.649. The van der Waals surface area contributed by atoms with Gasteiger partial charge in [0.1, 0.15) is 11.5 Å². The van der Waals surface area contributed by atoms with Crippen LogP contribution in [0.15, 0.2) is 21.9 Å². The molecular formula is C16H21ClN4O3S. The second kappa shape index (κ2) is 8.98. The summed E-state index contributed by atoms with van der Waals surface area (Å²) in [6, 6.07) is 3.60. The predicted octanol–water partition coefficient (Wildman–Crippen LogP) is 2.40. The van der Waals surface area contributed by atoms with Gasteiger partial charge in [-0.2, -0.15) is 0 Å².